The molecule has 2 aliphatic carbocycles. The molecule has 0 saturated carbocycles. The molecule has 3 aromatic carbocycles. The standard InChI is InChI=1S/C39H46N4O7S/c1-21(44)40-28-13-10-22-18-34(48-3)37(49-4)38(50-5)35(22)24-12-15-30(33(45)20-27(24)28)41-32(16-17-51-6)39(46)43-31-9-7-8-25-26-19-23(47-2)11-14-29(26)42-36(25)31/h11-12,14-15,18-20,28,31-32,42H,7-10,13,16-17H2,1-6H3,(H,40,44)(H,41,45)(H,43,46). The third-order valence-electron chi connectivity index (χ3n) is 9.90. The van der Waals surface area contributed by atoms with Gasteiger partial charge in [-0.3, -0.25) is 14.4 Å². The number of thioether (sulfide) groups is 1. The zero-order valence-corrected chi connectivity index (χ0v) is 30.8. The van der Waals surface area contributed by atoms with Crippen molar-refractivity contribution in [1.82, 2.24) is 15.6 Å². The quantitative estimate of drug-likeness (QED) is 0.138. The van der Waals surface area contributed by atoms with Gasteiger partial charge in [0.1, 0.15) is 11.8 Å². The molecule has 0 bridgehead atoms. The largest absolute Gasteiger partial charge is 0.497 e. The zero-order valence-electron chi connectivity index (χ0n) is 30.0. The average Bonchev–Trinajstić information content (AvgIpc) is 3.35. The van der Waals surface area contributed by atoms with E-state index in [1.54, 1.807) is 52.3 Å². The van der Waals surface area contributed by atoms with Crippen LogP contribution in [-0.2, 0) is 22.4 Å². The summed E-state index contributed by atoms with van der Waals surface area (Å²) >= 11 is 1.64. The topological polar surface area (TPSA) is 140 Å². The van der Waals surface area contributed by atoms with E-state index in [1.807, 2.05) is 36.6 Å². The lowest BCUT2D eigenvalue weighted by atomic mass is 9.91. The SMILES string of the molecule is COc1ccc2[nH]c3c(c2c1)CCCC3NC(=O)C(CCSC)Nc1ccc2c(cc1=O)C(NC(C)=O)CCc1cc(OC)c(OC)c(OC)c1-2. The third-order valence-corrected chi connectivity index (χ3v) is 10.5. The van der Waals surface area contributed by atoms with E-state index in [-0.39, 0.29) is 29.0 Å². The van der Waals surface area contributed by atoms with Gasteiger partial charge in [0.05, 0.1) is 46.2 Å². The van der Waals surface area contributed by atoms with Gasteiger partial charge in [0.25, 0.3) is 0 Å². The molecule has 6 rings (SSSR count). The van der Waals surface area contributed by atoms with Crippen LogP contribution in [0.3, 0.4) is 0 Å². The number of rotatable bonds is 12. The third kappa shape index (κ3) is 7.19. The van der Waals surface area contributed by atoms with Crippen LogP contribution in [-0.4, -0.2) is 63.3 Å². The molecule has 0 radical (unpaired) electrons. The molecule has 11 nitrogen and oxygen atoms in total. The van der Waals surface area contributed by atoms with Crippen molar-refractivity contribution in [3.63, 3.8) is 0 Å². The fourth-order valence-electron chi connectivity index (χ4n) is 7.50. The molecule has 2 aliphatic rings. The van der Waals surface area contributed by atoms with Crippen molar-refractivity contribution in [2.24, 2.45) is 0 Å². The first kappa shape index (κ1) is 36.0. The van der Waals surface area contributed by atoms with Gasteiger partial charge in [0, 0.05) is 29.1 Å². The van der Waals surface area contributed by atoms with Crippen molar-refractivity contribution < 1.29 is 28.5 Å². The van der Waals surface area contributed by atoms with Gasteiger partial charge in [0.15, 0.2) is 11.5 Å². The maximum Gasteiger partial charge on any atom is 0.243 e. The van der Waals surface area contributed by atoms with Gasteiger partial charge in [-0.25, -0.2) is 0 Å². The summed E-state index contributed by atoms with van der Waals surface area (Å²) in [6, 6.07) is 11.8. The normalized spacial score (nSPS) is 16.8. The molecular formula is C39H46N4O7S. The Bertz CT molecular complexity index is 2010. The molecule has 0 spiro atoms. The summed E-state index contributed by atoms with van der Waals surface area (Å²) in [5.74, 6) is 2.57. The van der Waals surface area contributed by atoms with Gasteiger partial charge >= 0.3 is 0 Å². The Morgan fingerprint density at radius 3 is 2.43 bits per heavy atom. The number of amides is 2. The molecule has 270 valence electrons. The number of H-pyrrole nitrogens is 1. The number of methoxy groups -OCH3 is 4. The smallest absolute Gasteiger partial charge is 0.243 e. The number of aryl methyl sites for hydroxylation is 2. The Balaban J connectivity index is 1.37. The zero-order chi connectivity index (χ0) is 36.2. The summed E-state index contributed by atoms with van der Waals surface area (Å²) < 4.78 is 22.7. The van der Waals surface area contributed by atoms with E-state index < -0.39 is 12.1 Å². The van der Waals surface area contributed by atoms with Gasteiger partial charge in [-0.2, -0.15) is 11.8 Å². The van der Waals surface area contributed by atoms with E-state index in [2.05, 4.69) is 20.9 Å². The Hall–Kier alpha value is -4.84. The highest BCUT2D eigenvalue weighted by molar-refractivity contribution is 7.98. The Labute approximate surface area is 302 Å². The fourth-order valence-corrected chi connectivity index (χ4v) is 7.98. The lowest BCUT2D eigenvalue weighted by molar-refractivity contribution is -0.123. The van der Waals surface area contributed by atoms with E-state index in [4.69, 9.17) is 18.9 Å². The van der Waals surface area contributed by atoms with Crippen LogP contribution in [0.25, 0.3) is 22.0 Å². The van der Waals surface area contributed by atoms with Crippen LogP contribution in [0.2, 0.25) is 0 Å². The maximum atomic E-state index is 14.1. The van der Waals surface area contributed by atoms with Crippen molar-refractivity contribution in [2.45, 2.75) is 63.6 Å². The van der Waals surface area contributed by atoms with E-state index in [0.717, 1.165) is 58.3 Å². The molecule has 0 fully saturated rings. The number of anilines is 1. The minimum Gasteiger partial charge on any atom is -0.497 e. The molecule has 3 unspecified atom stereocenters. The van der Waals surface area contributed by atoms with Gasteiger partial charge in [-0.1, -0.05) is 6.07 Å². The van der Waals surface area contributed by atoms with Gasteiger partial charge in [0.2, 0.25) is 23.0 Å². The summed E-state index contributed by atoms with van der Waals surface area (Å²) in [5.41, 5.74) is 6.30. The first-order valence-corrected chi connectivity index (χ1v) is 18.6. The van der Waals surface area contributed by atoms with E-state index >= 15 is 0 Å². The van der Waals surface area contributed by atoms with Crippen LogP contribution in [0.1, 0.15) is 67.1 Å². The van der Waals surface area contributed by atoms with Crippen LogP contribution in [0, 0.1) is 0 Å². The highest BCUT2D eigenvalue weighted by Crippen LogP contribution is 2.50. The predicted octanol–water partition coefficient (Wildman–Crippen LogP) is 6.08. The molecule has 0 saturated heterocycles. The number of hydrogen-bond acceptors (Lipinski definition) is 9. The number of ether oxygens (including phenoxy) is 4. The second-order valence-corrected chi connectivity index (χ2v) is 13.9. The fraction of sp³-hybridized carbons (Fsp3) is 0.410. The number of aromatic nitrogens is 1. The molecular weight excluding hydrogens is 669 g/mol. The maximum absolute atomic E-state index is 14.1. The summed E-state index contributed by atoms with van der Waals surface area (Å²) in [4.78, 5) is 44.1. The second-order valence-electron chi connectivity index (χ2n) is 13.0. The summed E-state index contributed by atoms with van der Waals surface area (Å²) in [7, 11) is 6.35. The highest BCUT2D eigenvalue weighted by Gasteiger charge is 2.31. The van der Waals surface area contributed by atoms with Gasteiger partial charge in [-0.05, 0) is 109 Å². The van der Waals surface area contributed by atoms with Crippen molar-refractivity contribution in [1.29, 1.82) is 0 Å². The Kier molecular flexibility index (Phi) is 11.0. The average molecular weight is 715 g/mol. The lowest BCUT2D eigenvalue weighted by Gasteiger charge is -2.27. The number of benzene rings is 2. The van der Waals surface area contributed by atoms with Crippen LogP contribution >= 0.6 is 11.8 Å². The number of fused-ring (bicyclic) bond motifs is 6. The van der Waals surface area contributed by atoms with Gasteiger partial charge in [-0.15, -0.1) is 0 Å². The number of nitrogens with one attached hydrogen (secondary N) is 4. The molecule has 12 heteroatoms. The Morgan fingerprint density at radius 2 is 1.73 bits per heavy atom. The van der Waals surface area contributed by atoms with E-state index in [0.29, 0.717) is 47.8 Å². The lowest BCUT2D eigenvalue weighted by Crippen LogP contribution is -2.43. The number of carbonyl (C=O) groups excluding carboxylic acids is 2. The molecule has 3 atom stereocenters. The molecule has 4 N–H and O–H groups in total. The highest BCUT2D eigenvalue weighted by atomic mass is 32.2. The molecule has 0 aliphatic heterocycles. The first-order valence-electron chi connectivity index (χ1n) is 17.2. The van der Waals surface area contributed by atoms with Crippen LogP contribution < -0.4 is 40.3 Å². The number of carbonyl (C=O) groups is 2. The van der Waals surface area contributed by atoms with Crippen LogP contribution in [0.5, 0.6) is 23.0 Å². The molecule has 2 amide bonds. The second kappa shape index (κ2) is 15.6. The van der Waals surface area contributed by atoms with Crippen molar-refractivity contribution in [2.75, 3.05) is 45.8 Å². The van der Waals surface area contributed by atoms with Crippen molar-refractivity contribution in [3.05, 3.63) is 75.1 Å². The molecule has 4 aromatic rings. The van der Waals surface area contributed by atoms with Crippen molar-refractivity contribution >= 4 is 40.2 Å². The van der Waals surface area contributed by atoms with Crippen molar-refractivity contribution in [3.8, 4) is 34.1 Å². The molecule has 51 heavy (non-hydrogen) atoms. The van der Waals surface area contributed by atoms with Gasteiger partial charge < -0.3 is 39.9 Å². The van der Waals surface area contributed by atoms with Crippen LogP contribution in [0.15, 0.2) is 47.3 Å². The van der Waals surface area contributed by atoms with E-state index in [1.165, 1.54) is 12.5 Å². The number of aromatic amines is 1. The minimum absolute atomic E-state index is 0.175. The summed E-state index contributed by atoms with van der Waals surface area (Å²) in [6.45, 7) is 1.47. The summed E-state index contributed by atoms with van der Waals surface area (Å²) in [5, 5.41) is 10.8. The number of hydrogen-bond donors (Lipinski definition) is 4. The minimum atomic E-state index is -0.667. The van der Waals surface area contributed by atoms with E-state index in [9.17, 15) is 14.4 Å². The monoisotopic (exact) mass is 714 g/mol. The first-order chi connectivity index (χ1) is 24.7. The predicted molar refractivity (Wildman–Crippen MR) is 202 cm³/mol. The van der Waals surface area contributed by atoms with Crippen LogP contribution in [0.4, 0.5) is 5.69 Å². The molecule has 1 heterocycles. The summed E-state index contributed by atoms with van der Waals surface area (Å²) in [6.07, 6.45) is 6.31. The molecule has 1 aromatic heterocycles. The Morgan fingerprint density at radius 1 is 0.922 bits per heavy atom.